The van der Waals surface area contributed by atoms with Gasteiger partial charge in [0.15, 0.2) is 5.84 Å². The lowest BCUT2D eigenvalue weighted by molar-refractivity contribution is -0.143. The highest BCUT2D eigenvalue weighted by molar-refractivity contribution is 6.01. The van der Waals surface area contributed by atoms with Crippen molar-refractivity contribution < 1.29 is 31.1 Å². The van der Waals surface area contributed by atoms with Crippen molar-refractivity contribution in [2.75, 3.05) is 6.54 Å². The lowest BCUT2D eigenvalue weighted by atomic mass is 10.0. The quantitative estimate of drug-likeness (QED) is 0.413. The molecule has 2 N–H and O–H groups in total. The van der Waals surface area contributed by atoms with Crippen molar-refractivity contribution in [3.63, 3.8) is 0 Å². The Hall–Kier alpha value is -3.51. The van der Waals surface area contributed by atoms with E-state index in [1.54, 1.807) is 0 Å². The maximum atomic E-state index is 13.2. The molecular weight excluding hydrogens is 442 g/mol. The number of aliphatic imine (C=N–C) groups is 2. The van der Waals surface area contributed by atoms with Gasteiger partial charge in [0, 0.05) is 24.5 Å². The molecule has 0 bridgehead atoms. The van der Waals surface area contributed by atoms with Crippen LogP contribution in [-0.4, -0.2) is 45.5 Å². The van der Waals surface area contributed by atoms with E-state index < -0.39 is 41.0 Å². The van der Waals surface area contributed by atoms with Gasteiger partial charge in [-0.15, -0.1) is 0 Å². The van der Waals surface area contributed by atoms with Crippen LogP contribution in [0.1, 0.15) is 35.3 Å². The van der Waals surface area contributed by atoms with Crippen molar-refractivity contribution in [2.24, 2.45) is 15.7 Å². The summed E-state index contributed by atoms with van der Waals surface area (Å²) in [6.07, 6.45) is -6.50. The molecule has 0 fully saturated rings. The van der Waals surface area contributed by atoms with Gasteiger partial charge < -0.3 is 10.6 Å². The van der Waals surface area contributed by atoms with E-state index in [0.717, 1.165) is 11.2 Å². The van der Waals surface area contributed by atoms with Gasteiger partial charge in [0.1, 0.15) is 0 Å². The van der Waals surface area contributed by atoms with E-state index in [4.69, 9.17) is 5.73 Å². The molecule has 1 heterocycles. The van der Waals surface area contributed by atoms with E-state index in [-0.39, 0.29) is 24.4 Å². The molecule has 0 aliphatic rings. The molecule has 1 atom stereocenters. The summed E-state index contributed by atoms with van der Waals surface area (Å²) < 4.78 is 78.9. The molecule has 0 spiro atoms. The van der Waals surface area contributed by atoms with Crippen LogP contribution < -0.4 is 5.73 Å². The number of alkyl halides is 6. The third kappa shape index (κ3) is 6.02. The normalized spacial score (nSPS) is 13.9. The number of halogens is 6. The second-order valence-electron chi connectivity index (χ2n) is 6.36. The Balaban J connectivity index is 2.52. The van der Waals surface area contributed by atoms with Crippen molar-refractivity contribution in [3.8, 4) is 0 Å². The first-order valence-electron chi connectivity index (χ1n) is 9.08. The standard InChI is InChI=1S/C19H18F6N6O/c1-3-31(11(2)15(29-10-26)30-17-27-5-4-6-28-17)16(32)12-7-13(18(20,21)22)9-14(8-12)19(23,24)25/h4-11H,3H2,1-2H3,(H2,26,27,28,29,30). The van der Waals surface area contributed by atoms with Gasteiger partial charge in [0.05, 0.1) is 23.5 Å². The fraction of sp³-hybridized carbons (Fsp3) is 0.316. The lowest BCUT2D eigenvalue weighted by Gasteiger charge is -2.28. The molecule has 7 nitrogen and oxygen atoms in total. The third-order valence-electron chi connectivity index (χ3n) is 4.25. The van der Waals surface area contributed by atoms with E-state index in [2.05, 4.69) is 20.0 Å². The van der Waals surface area contributed by atoms with Gasteiger partial charge in [-0.2, -0.15) is 31.3 Å². The minimum absolute atomic E-state index is 0.0260. The Morgan fingerprint density at radius 2 is 1.62 bits per heavy atom. The van der Waals surface area contributed by atoms with Crippen LogP contribution in [0.3, 0.4) is 0 Å². The number of nitrogens with two attached hydrogens (primary N) is 1. The number of hydrogen-bond acceptors (Lipinski definition) is 4. The predicted molar refractivity (Wildman–Crippen MR) is 104 cm³/mol. The molecule has 13 heteroatoms. The van der Waals surface area contributed by atoms with E-state index in [1.165, 1.54) is 32.3 Å². The van der Waals surface area contributed by atoms with Gasteiger partial charge >= 0.3 is 12.4 Å². The summed E-state index contributed by atoms with van der Waals surface area (Å²) in [6, 6.07) is 1.24. The first-order chi connectivity index (χ1) is 14.9. The largest absolute Gasteiger partial charge is 0.416 e. The van der Waals surface area contributed by atoms with Crippen molar-refractivity contribution in [3.05, 3.63) is 53.3 Å². The first kappa shape index (κ1) is 24.8. The Labute approximate surface area is 178 Å². The molecule has 1 unspecified atom stereocenters. The van der Waals surface area contributed by atoms with Crippen molar-refractivity contribution >= 4 is 24.0 Å². The van der Waals surface area contributed by atoms with Gasteiger partial charge in [-0.3, -0.25) is 4.79 Å². The van der Waals surface area contributed by atoms with Crippen LogP contribution in [0.5, 0.6) is 0 Å². The van der Waals surface area contributed by atoms with Gasteiger partial charge in [-0.25, -0.2) is 15.0 Å². The summed E-state index contributed by atoms with van der Waals surface area (Å²) in [5.41, 5.74) is 1.35. The van der Waals surface area contributed by atoms with E-state index in [9.17, 15) is 31.1 Å². The molecule has 0 aliphatic heterocycles. The average molecular weight is 460 g/mol. The molecule has 1 amide bonds. The molecule has 1 aromatic heterocycles. The Bertz CT molecular complexity index is 971. The molecule has 1 aromatic carbocycles. The maximum Gasteiger partial charge on any atom is 0.416 e. The molecule has 32 heavy (non-hydrogen) atoms. The van der Waals surface area contributed by atoms with Crippen molar-refractivity contribution in [1.29, 1.82) is 0 Å². The van der Waals surface area contributed by atoms with Crippen LogP contribution in [-0.2, 0) is 12.4 Å². The zero-order valence-electron chi connectivity index (χ0n) is 16.8. The SMILES string of the molecule is CCN(C(=O)c1cc(C(F)(F)F)cc(C(F)(F)F)c1)C(C)C(N=CN)=Nc1ncccn1. The van der Waals surface area contributed by atoms with Gasteiger partial charge in [0.2, 0.25) is 0 Å². The van der Waals surface area contributed by atoms with Crippen LogP contribution >= 0.6 is 0 Å². The number of likely N-dealkylation sites (N-methyl/N-ethyl adjacent to an activating group) is 1. The Morgan fingerprint density at radius 1 is 1.09 bits per heavy atom. The second kappa shape index (κ2) is 9.75. The number of amides is 1. The molecule has 0 aliphatic carbocycles. The second-order valence-corrected chi connectivity index (χ2v) is 6.36. The number of benzene rings is 1. The predicted octanol–water partition coefficient (Wildman–Crippen LogP) is 4.08. The number of aromatic nitrogens is 2. The van der Waals surface area contributed by atoms with E-state index in [1.807, 2.05) is 0 Å². The van der Waals surface area contributed by atoms with Crippen molar-refractivity contribution in [2.45, 2.75) is 32.2 Å². The van der Waals surface area contributed by atoms with Crippen LogP contribution in [0.4, 0.5) is 32.3 Å². The summed E-state index contributed by atoms with van der Waals surface area (Å²) in [4.78, 5) is 29.6. The number of nitrogens with zero attached hydrogens (tertiary/aromatic N) is 5. The molecule has 2 rings (SSSR count). The fourth-order valence-electron chi connectivity index (χ4n) is 2.73. The summed E-state index contributed by atoms with van der Waals surface area (Å²) in [7, 11) is 0. The highest BCUT2D eigenvalue weighted by Gasteiger charge is 2.38. The molecule has 172 valence electrons. The number of rotatable bonds is 5. The van der Waals surface area contributed by atoms with Gasteiger partial charge in [-0.05, 0) is 38.1 Å². The van der Waals surface area contributed by atoms with Gasteiger partial charge in [0.25, 0.3) is 11.9 Å². The molecule has 0 saturated carbocycles. The van der Waals surface area contributed by atoms with E-state index in [0.29, 0.717) is 12.1 Å². The summed E-state index contributed by atoms with van der Waals surface area (Å²) in [5, 5.41) is 0. The fourth-order valence-corrected chi connectivity index (χ4v) is 2.73. The molecular formula is C19H18F6N6O. The minimum Gasteiger partial charge on any atom is -0.390 e. The average Bonchev–Trinajstić information content (AvgIpc) is 2.73. The first-order valence-corrected chi connectivity index (χ1v) is 9.08. The molecule has 0 saturated heterocycles. The Morgan fingerprint density at radius 3 is 2.06 bits per heavy atom. The van der Waals surface area contributed by atoms with Crippen LogP contribution in [0.15, 0.2) is 46.6 Å². The van der Waals surface area contributed by atoms with Crippen LogP contribution in [0.2, 0.25) is 0 Å². The van der Waals surface area contributed by atoms with Crippen molar-refractivity contribution in [1.82, 2.24) is 14.9 Å². The zero-order chi connectivity index (χ0) is 24.1. The maximum absolute atomic E-state index is 13.2. The highest BCUT2D eigenvalue weighted by Crippen LogP contribution is 2.36. The number of carbonyl (C=O) groups excluding carboxylic acids is 1. The monoisotopic (exact) mass is 460 g/mol. The lowest BCUT2D eigenvalue weighted by Crippen LogP contribution is -2.43. The number of hydrogen-bond donors (Lipinski definition) is 1. The third-order valence-corrected chi connectivity index (χ3v) is 4.25. The van der Waals surface area contributed by atoms with E-state index >= 15 is 0 Å². The van der Waals surface area contributed by atoms with Gasteiger partial charge in [-0.1, -0.05) is 0 Å². The van der Waals surface area contributed by atoms with Crippen LogP contribution in [0, 0.1) is 0 Å². The highest BCUT2D eigenvalue weighted by atomic mass is 19.4. The summed E-state index contributed by atoms with van der Waals surface area (Å²) >= 11 is 0. The topological polar surface area (TPSA) is 96.8 Å². The number of carbonyl (C=O) groups is 1. The zero-order valence-corrected chi connectivity index (χ0v) is 16.8. The molecule has 0 radical (unpaired) electrons. The Kier molecular flexibility index (Phi) is 7.54. The summed E-state index contributed by atoms with van der Waals surface area (Å²) in [6.45, 7) is 2.86. The summed E-state index contributed by atoms with van der Waals surface area (Å²) in [5.74, 6) is -1.18. The molecule has 2 aromatic rings. The number of amidine groups is 1. The van der Waals surface area contributed by atoms with Crippen LogP contribution in [0.25, 0.3) is 0 Å². The smallest absolute Gasteiger partial charge is 0.390 e. The minimum atomic E-state index is -5.08.